The smallest absolute Gasteiger partial charge is 0.341 e. The van der Waals surface area contributed by atoms with Gasteiger partial charge in [0, 0.05) is 47.6 Å². The van der Waals surface area contributed by atoms with Crippen molar-refractivity contribution in [1.82, 2.24) is 9.80 Å². The maximum absolute atomic E-state index is 12.8. The van der Waals surface area contributed by atoms with Crippen LogP contribution in [0.3, 0.4) is 0 Å². The quantitative estimate of drug-likeness (QED) is 0.570. The second-order valence-corrected chi connectivity index (χ2v) is 10.8. The number of piperazine rings is 1. The Balaban J connectivity index is 1.33. The van der Waals surface area contributed by atoms with Crippen LogP contribution in [0.2, 0.25) is 10.0 Å². The number of hydrogen-bond acceptors (Lipinski definition) is 6. The normalized spacial score (nSPS) is 19.2. The van der Waals surface area contributed by atoms with Gasteiger partial charge in [0.15, 0.2) is 0 Å². The van der Waals surface area contributed by atoms with Crippen molar-refractivity contribution in [2.75, 3.05) is 45.2 Å². The molecular weight excluding hydrogens is 481 g/mol. The first-order chi connectivity index (χ1) is 15.8. The molecule has 1 aliphatic heterocycles. The van der Waals surface area contributed by atoms with Crippen LogP contribution in [0.15, 0.2) is 18.2 Å². The lowest BCUT2D eigenvalue weighted by Gasteiger charge is -2.34. The van der Waals surface area contributed by atoms with E-state index in [0.717, 1.165) is 63.1 Å². The number of nitrogens with zero attached hydrogens (tertiary/aromatic N) is 2. The summed E-state index contributed by atoms with van der Waals surface area (Å²) in [6.07, 6.45) is 2.85. The van der Waals surface area contributed by atoms with Crippen molar-refractivity contribution < 1.29 is 14.3 Å². The minimum absolute atomic E-state index is 0.0963. The van der Waals surface area contributed by atoms with Crippen LogP contribution in [0.5, 0.6) is 0 Å². The van der Waals surface area contributed by atoms with Crippen LogP contribution >= 0.6 is 34.5 Å². The molecule has 1 fully saturated rings. The van der Waals surface area contributed by atoms with E-state index in [1.54, 1.807) is 6.07 Å². The summed E-state index contributed by atoms with van der Waals surface area (Å²) in [5.41, 5.74) is 2.65. The molecule has 33 heavy (non-hydrogen) atoms. The maximum atomic E-state index is 12.8. The van der Waals surface area contributed by atoms with Crippen LogP contribution in [0.4, 0.5) is 5.00 Å². The molecule has 1 amide bonds. The molecule has 1 aromatic heterocycles. The van der Waals surface area contributed by atoms with E-state index < -0.39 is 0 Å². The third-order valence-corrected chi connectivity index (χ3v) is 8.15. The zero-order valence-electron chi connectivity index (χ0n) is 19.0. The van der Waals surface area contributed by atoms with Crippen LogP contribution in [-0.2, 0) is 28.9 Å². The summed E-state index contributed by atoms with van der Waals surface area (Å²) in [6.45, 7) is 6.57. The van der Waals surface area contributed by atoms with Gasteiger partial charge in [-0.05, 0) is 48.4 Å². The molecule has 0 spiro atoms. The van der Waals surface area contributed by atoms with Crippen LogP contribution < -0.4 is 5.32 Å². The molecule has 1 atom stereocenters. The average molecular weight is 510 g/mol. The fourth-order valence-electron chi connectivity index (χ4n) is 4.52. The standard InChI is InChI=1S/C24H29Cl2N3O3S/c1-15-3-6-18-20(11-15)33-23(22(18)24(31)32-2)27-21(30)14-29-9-7-28(8-10-29)13-16-4-5-17(25)12-19(16)26/h4-5,12,15H,3,6-11,13-14H2,1-2H3,(H,27,30). The number of fused-ring (bicyclic) bond motifs is 1. The van der Waals surface area contributed by atoms with Crippen LogP contribution in [0.1, 0.15) is 39.7 Å². The van der Waals surface area contributed by atoms with Gasteiger partial charge in [-0.25, -0.2) is 4.79 Å². The molecule has 6 nitrogen and oxygen atoms in total. The highest BCUT2D eigenvalue weighted by molar-refractivity contribution is 7.17. The van der Waals surface area contributed by atoms with E-state index in [-0.39, 0.29) is 11.9 Å². The van der Waals surface area contributed by atoms with E-state index >= 15 is 0 Å². The largest absolute Gasteiger partial charge is 0.465 e. The van der Waals surface area contributed by atoms with Gasteiger partial charge < -0.3 is 10.1 Å². The minimum Gasteiger partial charge on any atom is -0.465 e. The number of esters is 1. The number of hydrogen-bond donors (Lipinski definition) is 1. The van der Waals surface area contributed by atoms with Crippen LogP contribution in [0.25, 0.3) is 0 Å². The Kier molecular flexibility index (Phi) is 7.97. The first-order valence-corrected chi connectivity index (χ1v) is 12.8. The topological polar surface area (TPSA) is 61.9 Å². The third kappa shape index (κ3) is 5.89. The van der Waals surface area contributed by atoms with Gasteiger partial charge in [0.25, 0.3) is 0 Å². The van der Waals surface area contributed by atoms with E-state index in [2.05, 4.69) is 22.0 Å². The minimum atomic E-state index is -0.369. The Morgan fingerprint density at radius 3 is 2.61 bits per heavy atom. The van der Waals surface area contributed by atoms with E-state index in [1.807, 2.05) is 12.1 Å². The predicted molar refractivity (Wildman–Crippen MR) is 134 cm³/mol. The molecule has 1 aliphatic carbocycles. The summed E-state index contributed by atoms with van der Waals surface area (Å²) in [6, 6.07) is 5.59. The highest BCUT2D eigenvalue weighted by Crippen LogP contribution is 2.40. The van der Waals surface area contributed by atoms with Crippen LogP contribution in [-0.4, -0.2) is 61.5 Å². The fourth-order valence-corrected chi connectivity index (χ4v) is 6.41. The SMILES string of the molecule is COC(=O)c1c(NC(=O)CN2CCN(Cc3ccc(Cl)cc3Cl)CC2)sc2c1CCC(C)C2. The highest BCUT2D eigenvalue weighted by Gasteiger charge is 2.29. The summed E-state index contributed by atoms with van der Waals surface area (Å²) in [5, 5.41) is 4.94. The Labute approximate surface area is 208 Å². The first-order valence-electron chi connectivity index (χ1n) is 11.3. The molecular formula is C24H29Cl2N3O3S. The third-order valence-electron chi connectivity index (χ3n) is 6.40. The molecule has 2 aromatic rings. The lowest BCUT2D eigenvalue weighted by atomic mass is 9.88. The number of anilines is 1. The monoisotopic (exact) mass is 509 g/mol. The zero-order chi connectivity index (χ0) is 23.5. The van der Waals surface area contributed by atoms with Crippen molar-refractivity contribution in [3.8, 4) is 0 Å². The van der Waals surface area contributed by atoms with Crippen molar-refractivity contribution in [1.29, 1.82) is 0 Å². The van der Waals surface area contributed by atoms with Gasteiger partial charge in [0.2, 0.25) is 5.91 Å². The highest BCUT2D eigenvalue weighted by atomic mass is 35.5. The number of methoxy groups -OCH3 is 1. The van der Waals surface area contributed by atoms with Gasteiger partial charge in [-0.15, -0.1) is 11.3 Å². The molecule has 1 N–H and O–H groups in total. The Hall–Kier alpha value is -1.64. The molecule has 9 heteroatoms. The second kappa shape index (κ2) is 10.7. The molecule has 2 aliphatic rings. The number of nitrogens with one attached hydrogen (secondary N) is 1. The summed E-state index contributed by atoms with van der Waals surface area (Å²) in [4.78, 5) is 30.9. The fraction of sp³-hybridized carbons (Fsp3) is 0.500. The number of benzene rings is 1. The van der Waals surface area contributed by atoms with Crippen molar-refractivity contribution >= 4 is 51.4 Å². The van der Waals surface area contributed by atoms with Gasteiger partial charge >= 0.3 is 5.97 Å². The van der Waals surface area contributed by atoms with E-state index in [0.29, 0.717) is 33.1 Å². The van der Waals surface area contributed by atoms with E-state index in [1.165, 1.54) is 23.3 Å². The van der Waals surface area contributed by atoms with Gasteiger partial charge in [0.05, 0.1) is 19.2 Å². The van der Waals surface area contributed by atoms with Crippen LogP contribution in [0, 0.1) is 5.92 Å². The van der Waals surface area contributed by atoms with Crippen molar-refractivity contribution in [2.45, 2.75) is 32.7 Å². The molecule has 1 aromatic carbocycles. The van der Waals surface area contributed by atoms with Gasteiger partial charge in [-0.1, -0.05) is 36.2 Å². The Morgan fingerprint density at radius 1 is 1.18 bits per heavy atom. The molecule has 1 saturated heterocycles. The molecule has 0 saturated carbocycles. The number of halogens is 2. The average Bonchev–Trinajstić information content (AvgIpc) is 3.13. The summed E-state index contributed by atoms with van der Waals surface area (Å²) >= 11 is 13.8. The maximum Gasteiger partial charge on any atom is 0.341 e. The molecule has 1 unspecified atom stereocenters. The molecule has 178 valence electrons. The summed E-state index contributed by atoms with van der Waals surface area (Å²) in [7, 11) is 1.39. The van der Waals surface area contributed by atoms with Crippen molar-refractivity contribution in [2.24, 2.45) is 5.92 Å². The van der Waals surface area contributed by atoms with Gasteiger partial charge in [0.1, 0.15) is 5.00 Å². The number of ether oxygens (including phenoxy) is 1. The molecule has 0 bridgehead atoms. The van der Waals surface area contributed by atoms with E-state index in [9.17, 15) is 9.59 Å². The van der Waals surface area contributed by atoms with E-state index in [4.69, 9.17) is 27.9 Å². The molecule has 2 heterocycles. The lowest BCUT2D eigenvalue weighted by molar-refractivity contribution is -0.117. The molecule has 4 rings (SSSR count). The van der Waals surface area contributed by atoms with Crippen molar-refractivity contribution in [3.63, 3.8) is 0 Å². The van der Waals surface area contributed by atoms with Crippen molar-refractivity contribution in [3.05, 3.63) is 49.8 Å². The number of thiophene rings is 1. The Morgan fingerprint density at radius 2 is 1.91 bits per heavy atom. The first kappa shape index (κ1) is 24.5. The summed E-state index contributed by atoms with van der Waals surface area (Å²) in [5.74, 6) is 0.122. The van der Waals surface area contributed by atoms with Gasteiger partial charge in [-0.3, -0.25) is 14.6 Å². The van der Waals surface area contributed by atoms with Gasteiger partial charge in [-0.2, -0.15) is 0 Å². The number of carbonyl (C=O) groups excluding carboxylic acids is 2. The number of amides is 1. The lowest BCUT2D eigenvalue weighted by Crippen LogP contribution is -2.48. The Bertz CT molecular complexity index is 1030. The zero-order valence-corrected chi connectivity index (χ0v) is 21.3. The number of carbonyl (C=O) groups is 2. The number of rotatable bonds is 6. The summed E-state index contributed by atoms with van der Waals surface area (Å²) < 4.78 is 5.02. The molecule has 0 radical (unpaired) electrons. The second-order valence-electron chi connectivity index (χ2n) is 8.88. The predicted octanol–water partition coefficient (Wildman–Crippen LogP) is 4.72.